The lowest BCUT2D eigenvalue weighted by atomic mass is 9.97. The molecule has 4 heterocycles. The number of hydrogen-bond donors (Lipinski definition) is 0. The van der Waals surface area contributed by atoms with Crippen molar-refractivity contribution in [3.8, 4) is 0 Å². The largest absolute Gasteiger partial charge is 0.374 e. The van der Waals surface area contributed by atoms with E-state index < -0.39 is 0 Å². The van der Waals surface area contributed by atoms with Crippen molar-refractivity contribution in [1.82, 2.24) is 14.8 Å². The van der Waals surface area contributed by atoms with E-state index >= 15 is 0 Å². The van der Waals surface area contributed by atoms with Gasteiger partial charge in [-0.1, -0.05) is 0 Å². The molecule has 0 radical (unpaired) electrons. The molecule has 0 unspecified atom stereocenters. The lowest BCUT2D eigenvalue weighted by molar-refractivity contribution is -0.0914. The van der Waals surface area contributed by atoms with E-state index in [1.54, 1.807) is 35.9 Å². The first-order valence-corrected chi connectivity index (χ1v) is 9.31. The van der Waals surface area contributed by atoms with Crippen molar-refractivity contribution < 1.29 is 9.53 Å². The van der Waals surface area contributed by atoms with Crippen molar-refractivity contribution in [2.75, 3.05) is 26.2 Å². The Morgan fingerprint density at radius 1 is 1.29 bits per heavy atom. The van der Waals surface area contributed by atoms with Gasteiger partial charge >= 0.3 is 0 Å². The molecule has 0 aliphatic carbocycles. The van der Waals surface area contributed by atoms with Crippen LogP contribution in [0, 0.1) is 0 Å². The van der Waals surface area contributed by atoms with Gasteiger partial charge in [-0.05, 0) is 40.9 Å². The Morgan fingerprint density at radius 3 is 2.96 bits per heavy atom. The molecule has 6 heteroatoms. The van der Waals surface area contributed by atoms with Crippen LogP contribution in [-0.4, -0.2) is 59.1 Å². The smallest absolute Gasteiger partial charge is 0.254 e. The molecule has 4 rings (SSSR count). The maximum atomic E-state index is 12.9. The van der Waals surface area contributed by atoms with Crippen molar-refractivity contribution in [2.45, 2.75) is 25.1 Å². The highest BCUT2D eigenvalue weighted by atomic mass is 32.1. The summed E-state index contributed by atoms with van der Waals surface area (Å²) in [6.45, 7) is 4.13. The van der Waals surface area contributed by atoms with Crippen molar-refractivity contribution in [2.24, 2.45) is 0 Å². The molecule has 24 heavy (non-hydrogen) atoms. The van der Waals surface area contributed by atoms with Crippen LogP contribution >= 0.6 is 11.3 Å². The lowest BCUT2D eigenvalue weighted by Gasteiger charge is -2.47. The maximum absolute atomic E-state index is 12.9. The predicted octanol–water partition coefficient (Wildman–Crippen LogP) is 2.26. The number of amides is 1. The third-order valence-corrected chi connectivity index (χ3v) is 5.58. The Hall–Kier alpha value is -1.76. The first kappa shape index (κ1) is 15.7. The van der Waals surface area contributed by atoms with E-state index in [0.29, 0.717) is 18.7 Å². The summed E-state index contributed by atoms with van der Waals surface area (Å²) in [5.74, 6) is 0.0908. The van der Waals surface area contributed by atoms with Gasteiger partial charge in [0.15, 0.2) is 0 Å². The zero-order chi connectivity index (χ0) is 16.4. The molecule has 2 fully saturated rings. The van der Waals surface area contributed by atoms with Gasteiger partial charge in [-0.25, -0.2) is 0 Å². The van der Waals surface area contributed by atoms with Crippen LogP contribution in [0.2, 0.25) is 0 Å². The van der Waals surface area contributed by atoms with Gasteiger partial charge in [0, 0.05) is 44.1 Å². The number of ether oxygens (including phenoxy) is 1. The summed E-state index contributed by atoms with van der Waals surface area (Å²) in [5.41, 5.74) is 2.06. The number of carbonyl (C=O) groups is 1. The second-order valence-corrected chi connectivity index (χ2v) is 7.15. The van der Waals surface area contributed by atoms with Crippen LogP contribution in [0.15, 0.2) is 41.4 Å². The number of morpholine rings is 1. The summed E-state index contributed by atoms with van der Waals surface area (Å²) in [7, 11) is 0. The van der Waals surface area contributed by atoms with Crippen LogP contribution < -0.4 is 0 Å². The summed E-state index contributed by atoms with van der Waals surface area (Å²) >= 11 is 1.73. The molecule has 2 aliphatic rings. The molecule has 0 aromatic carbocycles. The van der Waals surface area contributed by atoms with Crippen molar-refractivity contribution in [3.63, 3.8) is 0 Å². The van der Waals surface area contributed by atoms with Gasteiger partial charge in [-0.3, -0.25) is 14.7 Å². The molecule has 1 amide bonds. The lowest BCUT2D eigenvalue weighted by Crippen LogP contribution is -2.61. The van der Waals surface area contributed by atoms with E-state index in [9.17, 15) is 4.79 Å². The van der Waals surface area contributed by atoms with Gasteiger partial charge in [-0.2, -0.15) is 11.3 Å². The minimum atomic E-state index is 0.0908. The highest BCUT2D eigenvalue weighted by Gasteiger charge is 2.39. The number of carbonyl (C=O) groups excluding carboxylic acids is 1. The van der Waals surface area contributed by atoms with Gasteiger partial charge in [0.25, 0.3) is 5.91 Å². The zero-order valence-electron chi connectivity index (χ0n) is 13.5. The summed E-state index contributed by atoms with van der Waals surface area (Å²) in [4.78, 5) is 21.3. The van der Waals surface area contributed by atoms with Gasteiger partial charge in [0.1, 0.15) is 0 Å². The molecule has 2 saturated heterocycles. The number of piperidine rings is 1. The third-order valence-electron chi connectivity index (χ3n) is 4.84. The van der Waals surface area contributed by atoms with Crippen LogP contribution in [0.4, 0.5) is 0 Å². The van der Waals surface area contributed by atoms with Crippen molar-refractivity contribution in [3.05, 3.63) is 52.5 Å². The molecular formula is C18H21N3O2S. The van der Waals surface area contributed by atoms with Crippen molar-refractivity contribution >= 4 is 17.2 Å². The number of hydrogen-bond acceptors (Lipinski definition) is 5. The van der Waals surface area contributed by atoms with Crippen LogP contribution in [0.25, 0.3) is 0 Å². The summed E-state index contributed by atoms with van der Waals surface area (Å²) in [6, 6.07) is 5.89. The molecule has 2 atom stereocenters. The summed E-state index contributed by atoms with van der Waals surface area (Å²) in [5, 5.41) is 4.31. The highest BCUT2D eigenvalue weighted by Crippen LogP contribution is 2.26. The van der Waals surface area contributed by atoms with E-state index in [1.807, 2.05) is 4.90 Å². The fourth-order valence-corrected chi connectivity index (χ4v) is 4.29. The standard InChI is InChI=1S/C18H21N3O2S/c22-18(15-1-5-19-6-2-15)21-8-9-23-17-3-7-20(12-16(17)21)11-14-4-10-24-13-14/h1-2,4-6,10,13,16-17H,3,7-9,11-12H2/t16-,17-/m0/s1. The minimum Gasteiger partial charge on any atom is -0.374 e. The summed E-state index contributed by atoms with van der Waals surface area (Å²) < 4.78 is 5.95. The third kappa shape index (κ3) is 3.22. The predicted molar refractivity (Wildman–Crippen MR) is 93.0 cm³/mol. The average molecular weight is 343 g/mol. The Bertz CT molecular complexity index is 677. The number of fused-ring (bicyclic) bond motifs is 1. The normalized spacial score (nSPS) is 24.6. The number of pyridine rings is 1. The van der Waals surface area contributed by atoms with Gasteiger partial charge < -0.3 is 9.64 Å². The zero-order valence-corrected chi connectivity index (χ0v) is 14.3. The first-order chi connectivity index (χ1) is 11.8. The van der Waals surface area contributed by atoms with Gasteiger partial charge in [0.2, 0.25) is 0 Å². The number of nitrogens with zero attached hydrogens (tertiary/aromatic N) is 3. The quantitative estimate of drug-likeness (QED) is 0.858. The molecule has 2 aromatic rings. The molecule has 0 N–H and O–H groups in total. The molecule has 2 aromatic heterocycles. The Labute approximate surface area is 145 Å². The first-order valence-electron chi connectivity index (χ1n) is 8.37. The monoisotopic (exact) mass is 343 g/mol. The second kappa shape index (κ2) is 7.01. The van der Waals surface area contributed by atoms with Crippen LogP contribution in [0.3, 0.4) is 0 Å². The van der Waals surface area contributed by atoms with Crippen LogP contribution in [-0.2, 0) is 11.3 Å². The Kier molecular flexibility index (Phi) is 4.60. The summed E-state index contributed by atoms with van der Waals surface area (Å²) in [6.07, 6.45) is 4.49. The topological polar surface area (TPSA) is 45.7 Å². The number of thiophene rings is 1. The van der Waals surface area contributed by atoms with Gasteiger partial charge in [-0.15, -0.1) is 0 Å². The van der Waals surface area contributed by atoms with Gasteiger partial charge in [0.05, 0.1) is 18.8 Å². The molecule has 0 bridgehead atoms. The molecule has 5 nitrogen and oxygen atoms in total. The Morgan fingerprint density at radius 2 is 2.17 bits per heavy atom. The number of rotatable bonds is 3. The van der Waals surface area contributed by atoms with E-state index in [1.165, 1.54) is 5.56 Å². The maximum Gasteiger partial charge on any atom is 0.254 e. The molecule has 126 valence electrons. The highest BCUT2D eigenvalue weighted by molar-refractivity contribution is 7.07. The minimum absolute atomic E-state index is 0.0908. The van der Waals surface area contributed by atoms with Crippen LogP contribution in [0.5, 0.6) is 0 Å². The van der Waals surface area contributed by atoms with Crippen molar-refractivity contribution in [1.29, 1.82) is 0 Å². The Balaban J connectivity index is 1.49. The second-order valence-electron chi connectivity index (χ2n) is 6.37. The molecule has 0 spiro atoms. The number of likely N-dealkylation sites (tertiary alicyclic amines) is 1. The number of aromatic nitrogens is 1. The van der Waals surface area contributed by atoms with E-state index in [0.717, 1.165) is 26.1 Å². The van der Waals surface area contributed by atoms with Crippen LogP contribution in [0.1, 0.15) is 22.3 Å². The average Bonchev–Trinajstić information content (AvgIpc) is 3.14. The molecule has 0 saturated carbocycles. The van der Waals surface area contributed by atoms with E-state index in [-0.39, 0.29) is 18.1 Å². The fraction of sp³-hybridized carbons (Fsp3) is 0.444. The SMILES string of the molecule is O=C(c1ccncc1)N1CCO[C@H]2CCN(Cc3ccsc3)C[C@@H]21. The van der Waals surface area contributed by atoms with E-state index in [4.69, 9.17) is 4.74 Å². The molecular weight excluding hydrogens is 322 g/mol. The molecule has 2 aliphatic heterocycles. The van der Waals surface area contributed by atoms with E-state index in [2.05, 4.69) is 26.7 Å². The fourth-order valence-electron chi connectivity index (χ4n) is 3.63.